The van der Waals surface area contributed by atoms with Crippen LogP contribution in [0.5, 0.6) is 11.5 Å². The molecule has 0 saturated heterocycles. The molecule has 8 nitrogen and oxygen atoms in total. The molecule has 0 saturated carbocycles. The Hall–Kier alpha value is -3.07. The number of hydrazone groups is 1. The predicted molar refractivity (Wildman–Crippen MR) is 116 cm³/mol. The predicted octanol–water partition coefficient (Wildman–Crippen LogP) is 3.10. The van der Waals surface area contributed by atoms with E-state index in [9.17, 15) is 9.59 Å². The number of methoxy groups -OCH3 is 2. The molecule has 2 heterocycles. The summed E-state index contributed by atoms with van der Waals surface area (Å²) in [5, 5.41) is 10.8. The van der Waals surface area contributed by atoms with Crippen LogP contribution in [-0.2, 0) is 4.79 Å². The van der Waals surface area contributed by atoms with Crippen molar-refractivity contribution in [2.24, 2.45) is 5.10 Å². The number of benzene rings is 1. The Morgan fingerprint density at radius 1 is 1.27 bits per heavy atom. The number of carbonyl (C=O) groups excluding carboxylic acids is 2. The van der Waals surface area contributed by atoms with Gasteiger partial charge in [-0.25, -0.2) is 9.80 Å². The molecule has 1 aromatic heterocycles. The summed E-state index contributed by atoms with van der Waals surface area (Å²) < 4.78 is 10.8. The SMILES string of the molecule is CCNC(=O)N(C)CC(=O)N1N=C(c2cccs2)CC1c1ccc(OC)c(OC)c1. The second-order valence-corrected chi connectivity index (χ2v) is 7.74. The van der Waals surface area contributed by atoms with Gasteiger partial charge in [0.05, 0.1) is 30.9 Å². The van der Waals surface area contributed by atoms with Crippen molar-refractivity contribution in [1.29, 1.82) is 0 Å². The van der Waals surface area contributed by atoms with Crippen LogP contribution in [-0.4, -0.2) is 61.9 Å². The van der Waals surface area contributed by atoms with Crippen molar-refractivity contribution >= 4 is 29.0 Å². The van der Waals surface area contributed by atoms with Crippen LogP contribution in [0, 0.1) is 0 Å². The normalized spacial score (nSPS) is 15.5. The van der Waals surface area contributed by atoms with Crippen LogP contribution in [0.4, 0.5) is 4.79 Å². The number of likely N-dealkylation sites (N-methyl/N-ethyl adjacent to an activating group) is 1. The van der Waals surface area contributed by atoms with Crippen molar-refractivity contribution in [1.82, 2.24) is 15.2 Å². The first-order valence-corrected chi connectivity index (χ1v) is 10.5. The largest absolute Gasteiger partial charge is 0.493 e. The van der Waals surface area contributed by atoms with Gasteiger partial charge in [-0.15, -0.1) is 11.3 Å². The molecule has 1 aliphatic heterocycles. The molecule has 0 fully saturated rings. The van der Waals surface area contributed by atoms with Crippen molar-refractivity contribution in [2.75, 3.05) is 34.4 Å². The highest BCUT2D eigenvalue weighted by Gasteiger charge is 2.34. The molecule has 1 aromatic carbocycles. The number of urea groups is 1. The maximum absolute atomic E-state index is 13.1. The topological polar surface area (TPSA) is 83.5 Å². The molecule has 0 radical (unpaired) electrons. The summed E-state index contributed by atoms with van der Waals surface area (Å²) in [6.07, 6.45) is 0.576. The Labute approximate surface area is 180 Å². The van der Waals surface area contributed by atoms with E-state index in [0.717, 1.165) is 16.2 Å². The van der Waals surface area contributed by atoms with E-state index in [-0.39, 0.29) is 24.5 Å². The second-order valence-electron chi connectivity index (χ2n) is 6.79. The third-order valence-electron chi connectivity index (χ3n) is 4.81. The second kappa shape index (κ2) is 9.62. The Balaban J connectivity index is 1.89. The monoisotopic (exact) mass is 430 g/mol. The number of ether oxygens (including phenoxy) is 2. The molecule has 3 amide bonds. The number of hydrogen-bond donors (Lipinski definition) is 1. The number of hydrogen-bond acceptors (Lipinski definition) is 6. The van der Waals surface area contributed by atoms with Gasteiger partial charge in [0.15, 0.2) is 11.5 Å². The van der Waals surface area contributed by atoms with E-state index in [2.05, 4.69) is 10.4 Å². The average Bonchev–Trinajstić information content (AvgIpc) is 3.43. The summed E-state index contributed by atoms with van der Waals surface area (Å²) in [5.41, 5.74) is 1.73. The Kier molecular flexibility index (Phi) is 6.94. The van der Waals surface area contributed by atoms with Crippen molar-refractivity contribution in [3.8, 4) is 11.5 Å². The Bertz CT molecular complexity index is 929. The maximum Gasteiger partial charge on any atom is 0.317 e. The van der Waals surface area contributed by atoms with Crippen LogP contribution in [0.2, 0.25) is 0 Å². The minimum Gasteiger partial charge on any atom is -0.493 e. The minimum atomic E-state index is -0.296. The molecule has 2 aromatic rings. The Morgan fingerprint density at radius 3 is 2.67 bits per heavy atom. The summed E-state index contributed by atoms with van der Waals surface area (Å²) in [6, 6.07) is 8.95. The summed E-state index contributed by atoms with van der Waals surface area (Å²) in [5.74, 6) is 0.953. The maximum atomic E-state index is 13.1. The van der Waals surface area contributed by atoms with Crippen LogP contribution < -0.4 is 14.8 Å². The third-order valence-corrected chi connectivity index (χ3v) is 5.73. The van der Waals surface area contributed by atoms with E-state index in [1.165, 1.54) is 9.91 Å². The lowest BCUT2D eigenvalue weighted by Crippen LogP contribution is -2.43. The average molecular weight is 431 g/mol. The van der Waals surface area contributed by atoms with E-state index in [0.29, 0.717) is 24.5 Å². The van der Waals surface area contributed by atoms with Crippen molar-refractivity contribution in [3.63, 3.8) is 0 Å². The summed E-state index contributed by atoms with van der Waals surface area (Å²) in [7, 11) is 4.75. The van der Waals surface area contributed by atoms with Crippen LogP contribution in [0.15, 0.2) is 40.8 Å². The fourth-order valence-corrected chi connectivity index (χ4v) is 4.01. The molecule has 9 heteroatoms. The van der Waals surface area contributed by atoms with Gasteiger partial charge in [0.1, 0.15) is 6.54 Å². The zero-order valence-corrected chi connectivity index (χ0v) is 18.4. The molecule has 1 aliphatic rings. The van der Waals surface area contributed by atoms with Crippen LogP contribution in [0.1, 0.15) is 29.8 Å². The van der Waals surface area contributed by atoms with Crippen molar-refractivity contribution < 1.29 is 19.1 Å². The van der Waals surface area contributed by atoms with Gasteiger partial charge in [0.2, 0.25) is 0 Å². The van der Waals surface area contributed by atoms with Crippen molar-refractivity contribution in [3.05, 3.63) is 46.2 Å². The Morgan fingerprint density at radius 2 is 2.03 bits per heavy atom. The van der Waals surface area contributed by atoms with Crippen LogP contribution in [0.3, 0.4) is 0 Å². The zero-order chi connectivity index (χ0) is 21.7. The van der Waals surface area contributed by atoms with E-state index in [4.69, 9.17) is 9.47 Å². The van der Waals surface area contributed by atoms with E-state index < -0.39 is 0 Å². The lowest BCUT2D eigenvalue weighted by Gasteiger charge is -2.25. The summed E-state index contributed by atoms with van der Waals surface area (Å²) >= 11 is 1.58. The highest BCUT2D eigenvalue weighted by atomic mass is 32.1. The molecular formula is C21H26N4O4S. The molecule has 0 spiro atoms. The first-order valence-electron chi connectivity index (χ1n) is 9.62. The highest BCUT2D eigenvalue weighted by Crippen LogP contribution is 2.37. The smallest absolute Gasteiger partial charge is 0.317 e. The molecule has 1 unspecified atom stereocenters. The summed E-state index contributed by atoms with van der Waals surface area (Å²) in [6.45, 7) is 2.26. The minimum absolute atomic E-state index is 0.0726. The lowest BCUT2D eigenvalue weighted by molar-refractivity contribution is -0.133. The lowest BCUT2D eigenvalue weighted by atomic mass is 10.0. The van der Waals surface area contributed by atoms with Gasteiger partial charge >= 0.3 is 6.03 Å². The molecule has 160 valence electrons. The van der Waals surface area contributed by atoms with Crippen molar-refractivity contribution in [2.45, 2.75) is 19.4 Å². The van der Waals surface area contributed by atoms with E-state index in [1.807, 2.05) is 42.6 Å². The number of carbonyl (C=O) groups is 2. The van der Waals surface area contributed by atoms with Crippen LogP contribution in [0.25, 0.3) is 0 Å². The quantitative estimate of drug-likeness (QED) is 0.732. The highest BCUT2D eigenvalue weighted by molar-refractivity contribution is 7.12. The third kappa shape index (κ3) is 4.56. The van der Waals surface area contributed by atoms with Gasteiger partial charge in [-0.3, -0.25) is 4.79 Å². The van der Waals surface area contributed by atoms with Gasteiger partial charge in [0, 0.05) is 20.0 Å². The fraction of sp³-hybridized carbons (Fsp3) is 0.381. The standard InChI is InChI=1S/C21H26N4O4S/c1-5-22-21(27)24(2)13-20(26)25-16(12-15(23-25)19-7-6-10-30-19)14-8-9-17(28-3)18(11-14)29-4/h6-11,16H,5,12-13H2,1-4H3,(H,22,27). The molecule has 0 bridgehead atoms. The molecule has 1 atom stereocenters. The zero-order valence-electron chi connectivity index (χ0n) is 17.5. The van der Waals surface area contributed by atoms with Gasteiger partial charge in [-0.2, -0.15) is 5.10 Å². The number of amides is 3. The number of thiophene rings is 1. The molecule has 3 rings (SSSR count). The molecule has 0 aliphatic carbocycles. The van der Waals surface area contributed by atoms with Crippen LogP contribution >= 0.6 is 11.3 Å². The molecular weight excluding hydrogens is 404 g/mol. The van der Waals surface area contributed by atoms with Gasteiger partial charge < -0.3 is 19.7 Å². The van der Waals surface area contributed by atoms with Gasteiger partial charge in [-0.05, 0) is 36.1 Å². The van der Waals surface area contributed by atoms with E-state index in [1.54, 1.807) is 32.6 Å². The fourth-order valence-electron chi connectivity index (χ4n) is 3.28. The van der Waals surface area contributed by atoms with Gasteiger partial charge in [0.25, 0.3) is 5.91 Å². The number of rotatable bonds is 7. The number of nitrogens with one attached hydrogen (secondary N) is 1. The number of nitrogens with zero attached hydrogens (tertiary/aromatic N) is 3. The molecule has 30 heavy (non-hydrogen) atoms. The van der Waals surface area contributed by atoms with Gasteiger partial charge in [-0.1, -0.05) is 12.1 Å². The first kappa shape index (κ1) is 21.6. The molecule has 1 N–H and O–H groups in total. The first-order chi connectivity index (χ1) is 14.5. The summed E-state index contributed by atoms with van der Waals surface area (Å²) in [4.78, 5) is 27.5. The van der Waals surface area contributed by atoms with E-state index >= 15 is 0 Å².